The molecule has 25 heavy (non-hydrogen) atoms. The molecule has 4 radical (unpaired) electrons. The molecular formula is C18H22N2PbS4. The number of anilines is 2. The Morgan fingerprint density at radius 1 is 0.720 bits per heavy atom. The molecule has 0 N–H and O–H groups in total. The van der Waals surface area contributed by atoms with Crippen LogP contribution in [0, 0.1) is 0 Å². The van der Waals surface area contributed by atoms with Gasteiger partial charge in [-0.1, -0.05) is 60.8 Å². The molecule has 0 aliphatic rings. The van der Waals surface area contributed by atoms with Gasteiger partial charge in [-0.15, -0.1) is 25.3 Å². The van der Waals surface area contributed by atoms with Crippen molar-refractivity contribution in [3.8, 4) is 0 Å². The molecule has 0 heterocycles. The quantitative estimate of drug-likeness (QED) is 0.287. The van der Waals surface area contributed by atoms with Crippen LogP contribution in [0.5, 0.6) is 0 Å². The molecule has 0 aliphatic heterocycles. The summed E-state index contributed by atoms with van der Waals surface area (Å²) in [6.45, 7) is 5.81. The first-order valence-corrected chi connectivity index (χ1v) is 9.33. The summed E-state index contributed by atoms with van der Waals surface area (Å²) in [6, 6.07) is 20.0. The number of hydrogen-bond acceptors (Lipinski definition) is 2. The standard InChI is InChI=1S/2C9H11NS2.Pb/c2*1-2-10(9(11)12)8-6-4-3-5-7-8;/h2*3-7H,2H2,1H3,(H,11,12);. The van der Waals surface area contributed by atoms with Gasteiger partial charge >= 0.3 is 0 Å². The van der Waals surface area contributed by atoms with Crippen LogP contribution in [0.25, 0.3) is 0 Å². The average molecular weight is 602 g/mol. The van der Waals surface area contributed by atoms with Gasteiger partial charge in [0, 0.05) is 51.8 Å². The third-order valence-electron chi connectivity index (χ3n) is 3.23. The smallest absolute Gasteiger partial charge is 0.137 e. The molecule has 0 bridgehead atoms. The van der Waals surface area contributed by atoms with Gasteiger partial charge in [-0.05, 0) is 38.1 Å². The largest absolute Gasteiger partial charge is 0.328 e. The van der Waals surface area contributed by atoms with Crippen molar-refractivity contribution in [2.24, 2.45) is 0 Å². The number of thiol groups is 2. The second-order valence-corrected chi connectivity index (χ2v) is 6.95. The van der Waals surface area contributed by atoms with Gasteiger partial charge in [0.05, 0.1) is 0 Å². The van der Waals surface area contributed by atoms with E-state index in [1.165, 1.54) is 0 Å². The predicted octanol–water partition coefficient (Wildman–Crippen LogP) is 5.07. The second kappa shape index (κ2) is 14.0. The molecule has 0 aromatic heterocycles. The fraction of sp³-hybridized carbons (Fsp3) is 0.222. The van der Waals surface area contributed by atoms with Crippen molar-refractivity contribution in [1.29, 1.82) is 0 Å². The zero-order valence-corrected chi connectivity index (χ0v) is 21.6. The first-order chi connectivity index (χ1) is 11.5. The zero-order chi connectivity index (χ0) is 17.9. The van der Waals surface area contributed by atoms with E-state index in [1.54, 1.807) is 0 Å². The molecule has 0 fully saturated rings. The van der Waals surface area contributed by atoms with Gasteiger partial charge in [-0.3, -0.25) is 0 Å². The molecular weight excluding hydrogens is 580 g/mol. The van der Waals surface area contributed by atoms with E-state index in [0.717, 1.165) is 24.5 Å². The minimum Gasteiger partial charge on any atom is -0.328 e. The van der Waals surface area contributed by atoms with E-state index in [9.17, 15) is 0 Å². The maximum absolute atomic E-state index is 4.99. The third kappa shape index (κ3) is 8.85. The number of hydrogen-bond donors (Lipinski definition) is 2. The molecule has 0 saturated heterocycles. The van der Waals surface area contributed by atoms with Gasteiger partial charge in [0.25, 0.3) is 0 Å². The molecule has 2 aromatic rings. The van der Waals surface area contributed by atoms with Crippen LogP contribution >= 0.6 is 49.7 Å². The number of thiocarbonyl (C=S) groups is 2. The predicted molar refractivity (Wildman–Crippen MR) is 128 cm³/mol. The second-order valence-electron chi connectivity index (χ2n) is 4.72. The molecule has 132 valence electrons. The summed E-state index contributed by atoms with van der Waals surface area (Å²) in [6.07, 6.45) is 0. The number of nitrogens with zero attached hydrogens (tertiary/aromatic N) is 2. The van der Waals surface area contributed by atoms with Crippen molar-refractivity contribution in [2.75, 3.05) is 22.9 Å². The Balaban J connectivity index is 0.000000443. The molecule has 0 amide bonds. The van der Waals surface area contributed by atoms with Crippen LogP contribution in [0.3, 0.4) is 0 Å². The monoisotopic (exact) mass is 602 g/mol. The van der Waals surface area contributed by atoms with E-state index < -0.39 is 0 Å². The van der Waals surface area contributed by atoms with Crippen LogP contribution in [0.15, 0.2) is 60.7 Å². The molecule has 0 unspecified atom stereocenters. The summed E-state index contributed by atoms with van der Waals surface area (Å²) in [5.74, 6) is 0. The Kier molecular flexibility index (Phi) is 13.9. The SMILES string of the molecule is CCN(C(=S)S)c1ccccc1.CCN(C(=S)S)c1ccccc1.[Pb]. The molecule has 7 heteroatoms. The van der Waals surface area contributed by atoms with Crippen molar-refractivity contribution in [3.05, 3.63) is 60.7 Å². The maximum atomic E-state index is 4.99. The number of rotatable bonds is 4. The fourth-order valence-electron chi connectivity index (χ4n) is 2.07. The Morgan fingerprint density at radius 2 is 1.00 bits per heavy atom. The van der Waals surface area contributed by atoms with Crippen LogP contribution in [0.1, 0.15) is 13.8 Å². The minimum atomic E-state index is 0. The van der Waals surface area contributed by atoms with Crippen molar-refractivity contribution in [2.45, 2.75) is 13.8 Å². The Bertz CT molecular complexity index is 581. The number of benzene rings is 2. The minimum absolute atomic E-state index is 0. The summed E-state index contributed by atoms with van der Waals surface area (Å²) in [4.78, 5) is 3.94. The van der Waals surface area contributed by atoms with E-state index in [1.807, 2.05) is 70.5 Å². The average Bonchev–Trinajstić information content (AvgIpc) is 2.58. The van der Waals surface area contributed by atoms with Crippen LogP contribution in [0.2, 0.25) is 0 Å². The van der Waals surface area contributed by atoms with Gasteiger partial charge in [0.2, 0.25) is 0 Å². The number of para-hydroxylation sites is 2. The molecule has 2 aromatic carbocycles. The van der Waals surface area contributed by atoms with Crippen molar-refractivity contribution in [3.63, 3.8) is 0 Å². The van der Waals surface area contributed by atoms with E-state index in [4.69, 9.17) is 24.4 Å². The van der Waals surface area contributed by atoms with Crippen LogP contribution in [-0.2, 0) is 0 Å². The van der Waals surface area contributed by atoms with Crippen LogP contribution in [0.4, 0.5) is 11.4 Å². The molecule has 0 saturated carbocycles. The molecule has 0 atom stereocenters. The summed E-state index contributed by atoms with van der Waals surface area (Å²) >= 11 is 18.3. The Labute approximate surface area is 193 Å². The van der Waals surface area contributed by atoms with Crippen molar-refractivity contribution in [1.82, 2.24) is 0 Å². The van der Waals surface area contributed by atoms with Crippen molar-refractivity contribution < 1.29 is 0 Å². The van der Waals surface area contributed by atoms with Crippen LogP contribution < -0.4 is 9.80 Å². The van der Waals surface area contributed by atoms with Gasteiger partial charge in [0.1, 0.15) is 8.64 Å². The van der Waals surface area contributed by atoms with E-state index in [-0.39, 0.29) is 27.3 Å². The van der Waals surface area contributed by atoms with Gasteiger partial charge in [-0.25, -0.2) is 0 Å². The van der Waals surface area contributed by atoms with Crippen molar-refractivity contribution >= 4 is 97.0 Å². The summed E-state index contributed by atoms with van der Waals surface area (Å²) in [5.41, 5.74) is 2.19. The summed E-state index contributed by atoms with van der Waals surface area (Å²) < 4.78 is 1.23. The molecule has 0 spiro atoms. The molecule has 2 rings (SSSR count). The van der Waals surface area contributed by atoms with Gasteiger partial charge < -0.3 is 9.80 Å². The third-order valence-corrected chi connectivity index (χ3v) is 4.15. The van der Waals surface area contributed by atoms with Gasteiger partial charge in [-0.2, -0.15) is 0 Å². The summed E-state index contributed by atoms with van der Waals surface area (Å²) in [5, 5.41) is 0. The first-order valence-electron chi connectivity index (χ1n) is 7.62. The van der Waals surface area contributed by atoms with Crippen LogP contribution in [-0.4, -0.2) is 49.0 Å². The van der Waals surface area contributed by atoms with E-state index in [0.29, 0.717) is 8.64 Å². The fourth-order valence-corrected chi connectivity index (χ4v) is 3.06. The van der Waals surface area contributed by atoms with E-state index >= 15 is 0 Å². The topological polar surface area (TPSA) is 6.48 Å². The molecule has 0 aliphatic carbocycles. The maximum Gasteiger partial charge on any atom is 0.137 e. The first kappa shape index (κ1) is 24.8. The Morgan fingerprint density at radius 3 is 1.20 bits per heavy atom. The zero-order valence-electron chi connectivity index (χ0n) is 14.3. The van der Waals surface area contributed by atoms with E-state index in [2.05, 4.69) is 39.1 Å². The summed E-state index contributed by atoms with van der Waals surface area (Å²) in [7, 11) is 0. The Hall–Kier alpha value is -0.158. The van der Waals surface area contributed by atoms with Gasteiger partial charge in [0.15, 0.2) is 0 Å². The normalized spacial score (nSPS) is 9.12. The molecule has 2 nitrogen and oxygen atoms in total.